The summed E-state index contributed by atoms with van der Waals surface area (Å²) in [4.78, 5) is 48.8. The second-order valence-corrected chi connectivity index (χ2v) is 7.18. The Morgan fingerprint density at radius 2 is 1.93 bits per heavy atom. The number of carbonyl (C=O) groups is 4. The smallest absolute Gasteiger partial charge is 0.326 e. The summed E-state index contributed by atoms with van der Waals surface area (Å²) < 4.78 is 29.3. The molecular weight excluding hydrogens is 396 g/mol. The molecule has 0 bridgehead atoms. The van der Waals surface area contributed by atoms with Crippen molar-refractivity contribution >= 4 is 41.3 Å². The number of thioether (sulfide) groups is 1. The number of imide groups is 1. The van der Waals surface area contributed by atoms with Crippen LogP contribution in [0, 0.1) is 0 Å². The van der Waals surface area contributed by atoms with Gasteiger partial charge in [-0.05, 0) is 37.6 Å². The number of anilines is 1. The van der Waals surface area contributed by atoms with E-state index in [1.165, 1.54) is 24.3 Å². The normalized spacial score (nSPS) is 19.0. The first kappa shape index (κ1) is 21.6. The van der Waals surface area contributed by atoms with Gasteiger partial charge in [-0.2, -0.15) is 8.78 Å². The summed E-state index contributed by atoms with van der Waals surface area (Å²) in [7, 11) is 0. The van der Waals surface area contributed by atoms with Crippen LogP contribution < -0.4 is 10.6 Å². The van der Waals surface area contributed by atoms with Crippen molar-refractivity contribution in [1.29, 1.82) is 0 Å². The molecule has 0 saturated carbocycles. The van der Waals surface area contributed by atoms with Crippen LogP contribution in [0.25, 0.3) is 0 Å². The van der Waals surface area contributed by atoms with E-state index in [0.717, 1.165) is 4.90 Å². The molecule has 0 radical (unpaired) electrons. The van der Waals surface area contributed by atoms with E-state index in [4.69, 9.17) is 4.74 Å². The third-order valence-electron chi connectivity index (χ3n) is 4.07. The number of amides is 4. The molecule has 1 aliphatic heterocycles. The molecule has 4 amide bonds. The molecule has 1 heterocycles. The first-order valence-corrected chi connectivity index (χ1v) is 9.17. The van der Waals surface area contributed by atoms with E-state index in [-0.39, 0.29) is 0 Å². The summed E-state index contributed by atoms with van der Waals surface area (Å²) in [5.74, 6) is -4.65. The Balaban J connectivity index is 1.80. The van der Waals surface area contributed by atoms with Gasteiger partial charge in [-0.3, -0.25) is 19.3 Å². The lowest BCUT2D eigenvalue weighted by atomic mass is 9.99. The lowest BCUT2D eigenvalue weighted by Crippen LogP contribution is -2.43. The topological polar surface area (TPSA) is 105 Å². The molecule has 2 N–H and O–H groups in total. The molecule has 11 heteroatoms. The Morgan fingerprint density at radius 3 is 2.46 bits per heavy atom. The van der Waals surface area contributed by atoms with Crippen LogP contribution in [0.3, 0.4) is 0 Å². The highest BCUT2D eigenvalue weighted by Crippen LogP contribution is 2.26. The highest BCUT2D eigenvalue weighted by molar-refractivity contribution is 7.99. The maximum Gasteiger partial charge on any atom is 0.326 e. The van der Waals surface area contributed by atoms with Crippen LogP contribution in [0.15, 0.2) is 29.2 Å². The van der Waals surface area contributed by atoms with Crippen molar-refractivity contribution in [3.63, 3.8) is 0 Å². The van der Waals surface area contributed by atoms with Crippen LogP contribution in [0.1, 0.15) is 20.3 Å². The molecule has 0 aliphatic carbocycles. The van der Waals surface area contributed by atoms with Crippen molar-refractivity contribution in [1.82, 2.24) is 10.2 Å². The molecule has 1 aromatic carbocycles. The summed E-state index contributed by atoms with van der Waals surface area (Å²) in [6.45, 7) is 2.05. The Morgan fingerprint density at radius 1 is 1.29 bits per heavy atom. The monoisotopic (exact) mass is 415 g/mol. The fourth-order valence-electron chi connectivity index (χ4n) is 2.37. The van der Waals surface area contributed by atoms with Crippen LogP contribution in [0.2, 0.25) is 0 Å². The van der Waals surface area contributed by atoms with Gasteiger partial charge in [0.25, 0.3) is 17.6 Å². The van der Waals surface area contributed by atoms with Crippen LogP contribution in [-0.4, -0.2) is 53.2 Å². The SMILES string of the molecule is CC[C@@]1(C)NC(=O)N(CC(=O)OCC(=O)Nc2ccc(SC(F)F)cc2)C1=O. The van der Waals surface area contributed by atoms with Crippen LogP contribution in [-0.2, 0) is 19.1 Å². The third kappa shape index (κ3) is 5.41. The number of carbonyl (C=O) groups excluding carboxylic acids is 4. The molecule has 8 nitrogen and oxygen atoms in total. The second-order valence-electron chi connectivity index (χ2n) is 6.12. The van der Waals surface area contributed by atoms with Crippen LogP contribution in [0.4, 0.5) is 19.3 Å². The summed E-state index contributed by atoms with van der Waals surface area (Å²) in [5, 5.41) is 4.94. The molecule has 0 unspecified atom stereocenters. The molecule has 1 fully saturated rings. The van der Waals surface area contributed by atoms with Crippen LogP contribution >= 0.6 is 11.8 Å². The number of halogens is 2. The van der Waals surface area contributed by atoms with Crippen molar-refractivity contribution in [3.8, 4) is 0 Å². The standard InChI is InChI=1S/C17H19F2N3O5S/c1-3-17(2)14(25)22(16(26)21-17)8-13(24)27-9-12(23)20-10-4-6-11(7-5-10)28-15(18)19/h4-7,15H,3,8-9H2,1-2H3,(H,20,23)(H,21,26)/t17-/m1/s1. The molecule has 2 rings (SSSR count). The first-order valence-electron chi connectivity index (χ1n) is 8.29. The fraction of sp³-hybridized carbons (Fsp3) is 0.412. The van der Waals surface area contributed by atoms with E-state index in [9.17, 15) is 28.0 Å². The number of nitrogens with zero attached hydrogens (tertiary/aromatic N) is 1. The van der Waals surface area contributed by atoms with Gasteiger partial charge < -0.3 is 15.4 Å². The van der Waals surface area contributed by atoms with Gasteiger partial charge in [-0.15, -0.1) is 0 Å². The minimum Gasteiger partial charge on any atom is -0.454 e. The minimum atomic E-state index is -2.54. The van der Waals surface area contributed by atoms with Gasteiger partial charge in [0.1, 0.15) is 12.1 Å². The molecule has 152 valence electrons. The largest absolute Gasteiger partial charge is 0.454 e. The zero-order chi connectivity index (χ0) is 20.9. The Labute approximate surface area is 164 Å². The van der Waals surface area contributed by atoms with Gasteiger partial charge >= 0.3 is 12.0 Å². The third-order valence-corrected chi connectivity index (χ3v) is 4.79. The van der Waals surface area contributed by atoms with E-state index < -0.39 is 48.3 Å². The molecule has 0 aromatic heterocycles. The van der Waals surface area contributed by atoms with E-state index in [1.807, 2.05) is 0 Å². The Hall–Kier alpha value is -2.69. The van der Waals surface area contributed by atoms with Gasteiger partial charge in [0.05, 0.1) is 0 Å². The number of rotatable bonds is 8. The number of urea groups is 1. The first-order chi connectivity index (χ1) is 13.1. The predicted octanol–water partition coefficient (Wildman–Crippen LogP) is 2.20. The van der Waals surface area contributed by atoms with Crippen molar-refractivity contribution < 1.29 is 32.7 Å². The van der Waals surface area contributed by atoms with Crippen molar-refractivity contribution in [3.05, 3.63) is 24.3 Å². The highest BCUT2D eigenvalue weighted by Gasteiger charge is 2.47. The van der Waals surface area contributed by atoms with Crippen molar-refractivity contribution in [2.75, 3.05) is 18.5 Å². The number of alkyl halides is 2. The molecule has 1 aromatic rings. The predicted molar refractivity (Wildman–Crippen MR) is 96.8 cm³/mol. The molecule has 0 spiro atoms. The number of hydrogen-bond acceptors (Lipinski definition) is 6. The molecular formula is C17H19F2N3O5S. The molecule has 1 saturated heterocycles. The Kier molecular flexibility index (Phi) is 6.95. The van der Waals surface area contributed by atoms with Gasteiger partial charge in [0, 0.05) is 10.6 Å². The maximum atomic E-state index is 12.3. The van der Waals surface area contributed by atoms with Crippen molar-refractivity contribution in [2.45, 2.75) is 36.5 Å². The van der Waals surface area contributed by atoms with Gasteiger partial charge in [0.15, 0.2) is 6.61 Å². The van der Waals surface area contributed by atoms with E-state index in [2.05, 4.69) is 10.6 Å². The number of hydrogen-bond donors (Lipinski definition) is 2. The number of benzene rings is 1. The summed E-state index contributed by atoms with van der Waals surface area (Å²) in [6.07, 6.45) is 0.361. The average Bonchev–Trinajstić information content (AvgIpc) is 2.85. The fourth-order valence-corrected chi connectivity index (χ4v) is 2.87. The van der Waals surface area contributed by atoms with Crippen LogP contribution in [0.5, 0.6) is 0 Å². The van der Waals surface area contributed by atoms with Crippen molar-refractivity contribution in [2.24, 2.45) is 0 Å². The lowest BCUT2D eigenvalue weighted by molar-refractivity contribution is -0.150. The van der Waals surface area contributed by atoms with Gasteiger partial charge in [-0.1, -0.05) is 18.7 Å². The summed E-state index contributed by atoms with van der Waals surface area (Å²) in [6, 6.07) is 5.01. The minimum absolute atomic E-state index is 0.340. The summed E-state index contributed by atoms with van der Waals surface area (Å²) in [5.41, 5.74) is -0.726. The molecule has 1 atom stereocenters. The van der Waals surface area contributed by atoms with E-state index >= 15 is 0 Å². The molecule has 1 aliphatic rings. The van der Waals surface area contributed by atoms with Gasteiger partial charge in [0.2, 0.25) is 0 Å². The maximum absolute atomic E-state index is 12.3. The van der Waals surface area contributed by atoms with E-state index in [0.29, 0.717) is 28.8 Å². The second kappa shape index (κ2) is 9.00. The zero-order valence-corrected chi connectivity index (χ0v) is 16.0. The zero-order valence-electron chi connectivity index (χ0n) is 15.2. The molecule has 28 heavy (non-hydrogen) atoms. The number of nitrogens with one attached hydrogen (secondary N) is 2. The average molecular weight is 415 g/mol. The lowest BCUT2D eigenvalue weighted by Gasteiger charge is -2.18. The highest BCUT2D eigenvalue weighted by atomic mass is 32.2. The Bertz CT molecular complexity index is 775. The summed E-state index contributed by atoms with van der Waals surface area (Å²) >= 11 is 0.377. The number of ether oxygens (including phenoxy) is 1. The van der Waals surface area contributed by atoms with Gasteiger partial charge in [-0.25, -0.2) is 4.79 Å². The van der Waals surface area contributed by atoms with E-state index in [1.54, 1.807) is 13.8 Å². The quantitative estimate of drug-likeness (QED) is 0.383. The number of esters is 1.